The van der Waals surface area contributed by atoms with Crippen LogP contribution >= 0.6 is 11.6 Å². The first-order chi connectivity index (χ1) is 11.7. The van der Waals surface area contributed by atoms with Gasteiger partial charge in [-0.1, -0.05) is 41.9 Å². The Labute approximate surface area is 145 Å². The molecule has 2 aliphatic heterocycles. The molecule has 0 aliphatic carbocycles. The van der Waals surface area contributed by atoms with E-state index in [1.807, 2.05) is 6.07 Å². The van der Waals surface area contributed by atoms with Gasteiger partial charge in [0.15, 0.2) is 0 Å². The first-order valence-corrected chi connectivity index (χ1v) is 8.48. The zero-order chi connectivity index (χ0) is 16.5. The number of ether oxygens (including phenoxy) is 1. The summed E-state index contributed by atoms with van der Waals surface area (Å²) in [6, 6.07) is 10.7. The molecule has 0 saturated carbocycles. The average Bonchev–Trinajstić information content (AvgIpc) is 3.03. The number of aromatic amines is 1. The molecule has 3 heterocycles. The maximum Gasteiger partial charge on any atom is 0.285 e. The van der Waals surface area contributed by atoms with E-state index in [9.17, 15) is 4.79 Å². The van der Waals surface area contributed by atoms with Crippen LogP contribution in [0.3, 0.4) is 0 Å². The van der Waals surface area contributed by atoms with Crippen molar-refractivity contribution in [2.24, 2.45) is 0 Å². The molecule has 2 aliphatic rings. The lowest BCUT2D eigenvalue weighted by Gasteiger charge is -2.36. The predicted octanol–water partition coefficient (Wildman–Crippen LogP) is 1.51. The van der Waals surface area contributed by atoms with E-state index < -0.39 is 0 Å². The smallest absolute Gasteiger partial charge is 0.285 e. The molecule has 0 unspecified atom stereocenters. The second kappa shape index (κ2) is 6.55. The molecule has 126 valence electrons. The van der Waals surface area contributed by atoms with Crippen molar-refractivity contribution in [3.05, 3.63) is 57.5 Å². The monoisotopic (exact) mass is 346 g/mol. The predicted molar refractivity (Wildman–Crippen MR) is 92.5 cm³/mol. The van der Waals surface area contributed by atoms with Gasteiger partial charge in [-0.3, -0.25) is 9.69 Å². The zero-order valence-electron chi connectivity index (χ0n) is 13.2. The summed E-state index contributed by atoms with van der Waals surface area (Å²) in [7, 11) is 0. The number of H-pyrrole nitrogens is 1. The van der Waals surface area contributed by atoms with Gasteiger partial charge in [0.25, 0.3) is 5.56 Å². The first-order valence-electron chi connectivity index (χ1n) is 8.10. The second-order valence-electron chi connectivity index (χ2n) is 6.24. The maximum absolute atomic E-state index is 11.7. The number of halogens is 1. The minimum absolute atomic E-state index is 0.123. The van der Waals surface area contributed by atoms with Gasteiger partial charge < -0.3 is 9.64 Å². The number of fused-ring (bicyclic) bond motifs is 1. The fourth-order valence-electron chi connectivity index (χ4n) is 3.56. The van der Waals surface area contributed by atoms with Gasteiger partial charge in [0.1, 0.15) is 5.02 Å². The number of benzene rings is 1. The zero-order valence-corrected chi connectivity index (χ0v) is 13.9. The Kier molecular flexibility index (Phi) is 4.26. The summed E-state index contributed by atoms with van der Waals surface area (Å²) in [6.45, 7) is 4.04. The first kappa shape index (κ1) is 15.6. The molecule has 0 radical (unpaired) electrons. The third-order valence-corrected chi connectivity index (χ3v) is 5.13. The van der Waals surface area contributed by atoms with Gasteiger partial charge >= 0.3 is 0 Å². The highest BCUT2D eigenvalue weighted by atomic mass is 35.5. The van der Waals surface area contributed by atoms with Crippen LogP contribution in [0.4, 0.5) is 5.69 Å². The van der Waals surface area contributed by atoms with Crippen LogP contribution in [-0.2, 0) is 11.3 Å². The Morgan fingerprint density at radius 3 is 2.96 bits per heavy atom. The van der Waals surface area contributed by atoms with E-state index >= 15 is 0 Å². The summed E-state index contributed by atoms with van der Waals surface area (Å²) in [6.07, 6.45) is 1.74. The molecule has 24 heavy (non-hydrogen) atoms. The molecule has 6 nitrogen and oxygen atoms in total. The molecule has 1 aromatic carbocycles. The molecule has 0 bridgehead atoms. The number of rotatable bonds is 3. The quantitative estimate of drug-likeness (QED) is 0.913. The minimum atomic E-state index is -0.355. The summed E-state index contributed by atoms with van der Waals surface area (Å²) >= 11 is 6.16. The van der Waals surface area contributed by atoms with E-state index in [-0.39, 0.29) is 22.7 Å². The maximum atomic E-state index is 11.7. The van der Waals surface area contributed by atoms with Crippen molar-refractivity contribution in [1.29, 1.82) is 0 Å². The number of nitrogens with zero attached hydrogens (tertiary/aromatic N) is 3. The lowest BCUT2D eigenvalue weighted by atomic mass is 10.1. The fraction of sp³-hybridized carbons (Fsp3) is 0.412. The lowest BCUT2D eigenvalue weighted by molar-refractivity contribution is -0.0499. The van der Waals surface area contributed by atoms with Gasteiger partial charge in [0.2, 0.25) is 0 Å². The molecule has 2 aromatic rings. The largest absolute Gasteiger partial charge is 0.373 e. The van der Waals surface area contributed by atoms with Crippen molar-refractivity contribution in [3.63, 3.8) is 0 Å². The molecule has 2 atom stereocenters. The van der Waals surface area contributed by atoms with Gasteiger partial charge in [-0.25, -0.2) is 5.10 Å². The molecule has 1 aromatic heterocycles. The van der Waals surface area contributed by atoms with Crippen LogP contribution < -0.4 is 10.5 Å². The average molecular weight is 347 g/mol. The van der Waals surface area contributed by atoms with Gasteiger partial charge in [-0.2, -0.15) is 5.10 Å². The van der Waals surface area contributed by atoms with Crippen molar-refractivity contribution in [2.45, 2.75) is 18.7 Å². The van der Waals surface area contributed by atoms with Crippen molar-refractivity contribution in [3.8, 4) is 0 Å². The summed E-state index contributed by atoms with van der Waals surface area (Å²) < 4.78 is 5.96. The molecule has 0 amide bonds. The Balaban J connectivity index is 1.54. The highest BCUT2D eigenvalue weighted by Crippen LogP contribution is 2.30. The van der Waals surface area contributed by atoms with Crippen molar-refractivity contribution in [1.82, 2.24) is 15.1 Å². The Morgan fingerprint density at radius 2 is 2.12 bits per heavy atom. The number of nitrogens with one attached hydrogen (secondary N) is 1. The standard InChI is InChI=1S/C17H19ClN4O2/c18-16-13(8-19-20-17(16)23)22-10-14-15(11-22)24-7-6-21(14)9-12-4-2-1-3-5-12/h1-5,8,14-15H,6-7,9-11H2,(H,20,23)/t14-,15-/m0/s1. The fourth-order valence-corrected chi connectivity index (χ4v) is 3.77. The van der Waals surface area contributed by atoms with Crippen LogP contribution in [0.2, 0.25) is 5.02 Å². The molecular formula is C17H19ClN4O2. The van der Waals surface area contributed by atoms with Crippen LogP contribution in [-0.4, -0.2) is 53.5 Å². The van der Waals surface area contributed by atoms with Crippen LogP contribution in [0, 0.1) is 0 Å². The van der Waals surface area contributed by atoms with Gasteiger partial charge in [-0.15, -0.1) is 0 Å². The number of morpholine rings is 1. The molecule has 0 spiro atoms. The second-order valence-corrected chi connectivity index (χ2v) is 6.61. The third-order valence-electron chi connectivity index (χ3n) is 4.76. The summed E-state index contributed by atoms with van der Waals surface area (Å²) in [5.74, 6) is 0. The van der Waals surface area contributed by atoms with Crippen LogP contribution in [0.1, 0.15) is 5.56 Å². The Morgan fingerprint density at radius 1 is 1.29 bits per heavy atom. The Hall–Kier alpha value is -1.89. The minimum Gasteiger partial charge on any atom is -0.373 e. The molecule has 4 rings (SSSR count). The van der Waals surface area contributed by atoms with Crippen LogP contribution in [0.15, 0.2) is 41.3 Å². The topological polar surface area (TPSA) is 61.5 Å². The van der Waals surface area contributed by atoms with Crippen LogP contribution in [0.5, 0.6) is 0 Å². The normalized spacial score (nSPS) is 24.1. The van der Waals surface area contributed by atoms with E-state index in [1.165, 1.54) is 5.56 Å². The van der Waals surface area contributed by atoms with Gasteiger partial charge in [-0.05, 0) is 5.56 Å². The lowest BCUT2D eigenvalue weighted by Crippen LogP contribution is -2.50. The number of anilines is 1. The van der Waals surface area contributed by atoms with E-state index in [2.05, 4.69) is 44.3 Å². The van der Waals surface area contributed by atoms with E-state index in [1.54, 1.807) is 6.20 Å². The van der Waals surface area contributed by atoms with Gasteiger partial charge in [0, 0.05) is 26.2 Å². The molecule has 1 N–H and O–H groups in total. The van der Waals surface area contributed by atoms with Crippen molar-refractivity contribution < 1.29 is 4.74 Å². The highest BCUT2D eigenvalue weighted by Gasteiger charge is 2.40. The Bertz CT molecular complexity index is 767. The van der Waals surface area contributed by atoms with Crippen molar-refractivity contribution >= 4 is 17.3 Å². The SMILES string of the molecule is O=c1[nH]ncc(N2C[C@@H]3OCCN(Cc4ccccc4)[C@H]3C2)c1Cl. The highest BCUT2D eigenvalue weighted by molar-refractivity contribution is 6.33. The van der Waals surface area contributed by atoms with Gasteiger partial charge in [0.05, 0.1) is 30.6 Å². The molecule has 2 fully saturated rings. The summed E-state index contributed by atoms with van der Waals surface area (Å²) in [4.78, 5) is 16.3. The number of hydrogen-bond donors (Lipinski definition) is 1. The number of aromatic nitrogens is 2. The van der Waals surface area contributed by atoms with E-state index in [0.717, 1.165) is 32.8 Å². The van der Waals surface area contributed by atoms with E-state index in [0.29, 0.717) is 5.69 Å². The summed E-state index contributed by atoms with van der Waals surface area (Å²) in [5, 5.41) is 6.43. The molecule has 2 saturated heterocycles. The number of hydrogen-bond acceptors (Lipinski definition) is 5. The summed E-state index contributed by atoms with van der Waals surface area (Å²) in [5.41, 5.74) is 1.62. The van der Waals surface area contributed by atoms with Crippen LogP contribution in [0.25, 0.3) is 0 Å². The molecule has 7 heteroatoms. The van der Waals surface area contributed by atoms with Crippen molar-refractivity contribution in [2.75, 3.05) is 31.1 Å². The third kappa shape index (κ3) is 2.92. The van der Waals surface area contributed by atoms with E-state index in [4.69, 9.17) is 16.3 Å². The molecular weight excluding hydrogens is 328 g/mol.